The number of aromatic nitrogens is 2. The van der Waals surface area contributed by atoms with Crippen LogP contribution in [0.2, 0.25) is 0 Å². The molecule has 3 N–H and O–H groups in total. The third-order valence-corrected chi connectivity index (χ3v) is 5.68. The zero-order valence-electron chi connectivity index (χ0n) is 16.2. The molecule has 0 fully saturated rings. The van der Waals surface area contributed by atoms with E-state index in [1.807, 2.05) is 6.20 Å². The molecule has 0 bridgehead atoms. The fourth-order valence-corrected chi connectivity index (χ4v) is 3.92. The topological polar surface area (TPSA) is 65.1 Å². The van der Waals surface area contributed by atoms with E-state index in [0.717, 1.165) is 51.3 Å². The molecule has 0 aliphatic heterocycles. The third kappa shape index (κ3) is 5.57. The van der Waals surface area contributed by atoms with Crippen LogP contribution in [0.5, 0.6) is 0 Å². The number of H-pyrrole nitrogens is 1. The molecule has 5 nitrogen and oxygen atoms in total. The van der Waals surface area contributed by atoms with Crippen LogP contribution in [-0.4, -0.2) is 35.6 Å². The van der Waals surface area contributed by atoms with Gasteiger partial charge >= 0.3 is 0 Å². The van der Waals surface area contributed by atoms with Gasteiger partial charge in [-0.05, 0) is 37.8 Å². The Labute approximate surface area is 165 Å². The second-order valence-corrected chi connectivity index (χ2v) is 7.67. The van der Waals surface area contributed by atoms with Crippen molar-refractivity contribution in [3.8, 4) is 0 Å². The second-order valence-electron chi connectivity index (χ2n) is 6.47. The van der Waals surface area contributed by atoms with E-state index >= 15 is 0 Å². The molecule has 2 aromatic heterocycles. The van der Waals surface area contributed by atoms with E-state index in [1.165, 1.54) is 26.4 Å². The predicted molar refractivity (Wildman–Crippen MR) is 116 cm³/mol. The number of fused-ring (bicyclic) bond motifs is 1. The fraction of sp³-hybridized carbons (Fsp3) is 0.429. The molecule has 27 heavy (non-hydrogen) atoms. The van der Waals surface area contributed by atoms with Gasteiger partial charge in [-0.1, -0.05) is 25.1 Å². The molecule has 0 atom stereocenters. The van der Waals surface area contributed by atoms with E-state index in [0.29, 0.717) is 0 Å². The lowest BCUT2D eigenvalue weighted by Gasteiger charge is -2.10. The van der Waals surface area contributed by atoms with Gasteiger partial charge in [-0.3, -0.25) is 4.99 Å². The summed E-state index contributed by atoms with van der Waals surface area (Å²) in [5.74, 6) is 0.892. The van der Waals surface area contributed by atoms with Crippen molar-refractivity contribution >= 4 is 28.2 Å². The van der Waals surface area contributed by atoms with Crippen molar-refractivity contribution in [3.05, 3.63) is 52.1 Å². The summed E-state index contributed by atoms with van der Waals surface area (Å²) in [6.07, 6.45) is 8.17. The number of thiazole rings is 1. The van der Waals surface area contributed by atoms with E-state index in [9.17, 15) is 0 Å². The molecule has 0 saturated heterocycles. The molecule has 0 radical (unpaired) electrons. The molecule has 2 heterocycles. The summed E-state index contributed by atoms with van der Waals surface area (Å²) in [6.45, 7) is 6.79. The van der Waals surface area contributed by atoms with Gasteiger partial charge in [0.1, 0.15) is 0 Å². The van der Waals surface area contributed by atoms with Gasteiger partial charge in [0.2, 0.25) is 0 Å². The number of benzene rings is 1. The van der Waals surface area contributed by atoms with Crippen molar-refractivity contribution in [2.24, 2.45) is 4.99 Å². The standard InChI is InChI=1S/C21H29N5S/c1-3-17-15-26-20(27-17)11-13-24-21(22-4-2)23-12-7-8-16-14-25-19-10-6-5-9-18(16)19/h5-6,9-10,14-15,25H,3-4,7-8,11-13H2,1-2H3,(H2,22,23,24). The number of nitrogens with one attached hydrogen (secondary N) is 3. The monoisotopic (exact) mass is 383 g/mol. The van der Waals surface area contributed by atoms with Gasteiger partial charge in [0.15, 0.2) is 5.96 Å². The number of guanidine groups is 1. The van der Waals surface area contributed by atoms with Crippen LogP contribution in [0.4, 0.5) is 0 Å². The Morgan fingerprint density at radius 3 is 2.89 bits per heavy atom. The Hall–Kier alpha value is -2.34. The summed E-state index contributed by atoms with van der Waals surface area (Å²) in [4.78, 5) is 13.9. The molecule has 0 saturated carbocycles. The lowest BCUT2D eigenvalue weighted by molar-refractivity contribution is 0.776. The first-order valence-corrected chi connectivity index (χ1v) is 10.6. The van der Waals surface area contributed by atoms with Gasteiger partial charge in [0.05, 0.1) is 5.01 Å². The first-order chi connectivity index (χ1) is 13.3. The maximum atomic E-state index is 4.71. The summed E-state index contributed by atoms with van der Waals surface area (Å²) in [7, 11) is 0. The van der Waals surface area contributed by atoms with E-state index in [4.69, 9.17) is 4.99 Å². The molecule has 0 aliphatic rings. The summed E-state index contributed by atoms with van der Waals surface area (Å²) >= 11 is 1.80. The highest BCUT2D eigenvalue weighted by atomic mass is 32.1. The van der Waals surface area contributed by atoms with Gasteiger partial charge in [0.25, 0.3) is 0 Å². The summed E-state index contributed by atoms with van der Waals surface area (Å²) in [5.41, 5.74) is 2.58. The fourth-order valence-electron chi connectivity index (χ4n) is 3.06. The van der Waals surface area contributed by atoms with Crippen molar-refractivity contribution in [1.29, 1.82) is 0 Å². The normalized spacial score (nSPS) is 11.9. The van der Waals surface area contributed by atoms with Gasteiger partial charge in [-0.15, -0.1) is 11.3 Å². The molecule has 1 aromatic carbocycles. The van der Waals surface area contributed by atoms with Gasteiger partial charge in [0, 0.05) is 54.2 Å². The zero-order valence-corrected chi connectivity index (χ0v) is 17.0. The number of aliphatic imine (C=N–C) groups is 1. The number of aromatic amines is 1. The van der Waals surface area contributed by atoms with Crippen molar-refractivity contribution in [2.45, 2.75) is 39.5 Å². The number of hydrogen-bond donors (Lipinski definition) is 3. The van der Waals surface area contributed by atoms with Crippen LogP contribution in [0.25, 0.3) is 10.9 Å². The van der Waals surface area contributed by atoms with Gasteiger partial charge in [-0.25, -0.2) is 4.98 Å². The Morgan fingerprint density at radius 2 is 2.07 bits per heavy atom. The third-order valence-electron chi connectivity index (χ3n) is 4.47. The van der Waals surface area contributed by atoms with Crippen molar-refractivity contribution < 1.29 is 0 Å². The van der Waals surface area contributed by atoms with Crippen LogP contribution in [0.1, 0.15) is 35.7 Å². The summed E-state index contributed by atoms with van der Waals surface area (Å²) in [5, 5.41) is 9.25. The van der Waals surface area contributed by atoms with Crippen LogP contribution >= 0.6 is 11.3 Å². The maximum absolute atomic E-state index is 4.71. The van der Waals surface area contributed by atoms with Crippen LogP contribution in [0.3, 0.4) is 0 Å². The van der Waals surface area contributed by atoms with Crippen molar-refractivity contribution in [3.63, 3.8) is 0 Å². The predicted octanol–water partition coefficient (Wildman–Crippen LogP) is 3.92. The minimum absolute atomic E-state index is 0.812. The molecular formula is C21H29N5S. The van der Waals surface area contributed by atoms with Crippen molar-refractivity contribution in [2.75, 3.05) is 19.6 Å². The lowest BCUT2D eigenvalue weighted by Crippen LogP contribution is -2.38. The number of aryl methyl sites for hydroxylation is 2. The summed E-state index contributed by atoms with van der Waals surface area (Å²) < 4.78 is 0. The molecule has 3 aromatic rings. The second kappa shape index (κ2) is 10.1. The van der Waals surface area contributed by atoms with Crippen LogP contribution in [-0.2, 0) is 19.3 Å². The minimum atomic E-state index is 0.812. The molecule has 0 unspecified atom stereocenters. The lowest BCUT2D eigenvalue weighted by atomic mass is 10.1. The largest absolute Gasteiger partial charge is 0.361 e. The van der Waals surface area contributed by atoms with Gasteiger partial charge < -0.3 is 15.6 Å². The Balaban J connectivity index is 1.45. The van der Waals surface area contributed by atoms with Crippen LogP contribution in [0.15, 0.2) is 41.7 Å². The van der Waals surface area contributed by atoms with Crippen molar-refractivity contribution in [1.82, 2.24) is 20.6 Å². The average molecular weight is 384 g/mol. The minimum Gasteiger partial charge on any atom is -0.361 e. The molecule has 0 spiro atoms. The van der Waals surface area contributed by atoms with E-state index < -0.39 is 0 Å². The number of hydrogen-bond acceptors (Lipinski definition) is 3. The number of para-hydroxylation sites is 1. The Kier molecular flexibility index (Phi) is 7.27. The molecule has 0 aliphatic carbocycles. The smallest absolute Gasteiger partial charge is 0.191 e. The highest BCUT2D eigenvalue weighted by Crippen LogP contribution is 2.18. The Bertz CT molecular complexity index is 864. The zero-order chi connectivity index (χ0) is 18.9. The Morgan fingerprint density at radius 1 is 1.19 bits per heavy atom. The highest BCUT2D eigenvalue weighted by Gasteiger charge is 2.04. The van der Waals surface area contributed by atoms with Crippen LogP contribution < -0.4 is 10.6 Å². The molecular weight excluding hydrogens is 354 g/mol. The first-order valence-electron chi connectivity index (χ1n) is 9.81. The SMILES string of the molecule is CCNC(=NCCCc1c[nH]c2ccccc12)NCCc1ncc(CC)s1. The molecule has 0 amide bonds. The van der Waals surface area contributed by atoms with E-state index in [-0.39, 0.29) is 0 Å². The molecule has 144 valence electrons. The molecule has 6 heteroatoms. The number of nitrogens with zero attached hydrogens (tertiary/aromatic N) is 2. The van der Waals surface area contributed by atoms with Gasteiger partial charge in [-0.2, -0.15) is 0 Å². The highest BCUT2D eigenvalue weighted by molar-refractivity contribution is 7.11. The molecule has 3 rings (SSSR count). The van der Waals surface area contributed by atoms with Crippen LogP contribution in [0, 0.1) is 0 Å². The first kappa shape index (κ1) is 19.4. The van der Waals surface area contributed by atoms with E-state index in [1.54, 1.807) is 11.3 Å². The maximum Gasteiger partial charge on any atom is 0.191 e. The quantitative estimate of drug-likeness (QED) is 0.298. The van der Waals surface area contributed by atoms with E-state index in [2.05, 4.69) is 64.9 Å². The average Bonchev–Trinajstić information content (AvgIpc) is 3.32. The summed E-state index contributed by atoms with van der Waals surface area (Å²) in [6, 6.07) is 8.46. The number of rotatable bonds is 9.